The molecule has 0 saturated heterocycles. The van der Waals surface area contributed by atoms with Gasteiger partial charge in [0.15, 0.2) is 0 Å². The van der Waals surface area contributed by atoms with Crippen LogP contribution in [0.25, 0.3) is 10.8 Å². The molecule has 3 rings (SSSR count). The van der Waals surface area contributed by atoms with Crippen molar-refractivity contribution < 1.29 is 4.79 Å². The van der Waals surface area contributed by atoms with Gasteiger partial charge in [-0.3, -0.25) is 14.3 Å². The van der Waals surface area contributed by atoms with Crippen molar-refractivity contribution in [1.29, 1.82) is 0 Å². The molecule has 2 aromatic heterocycles. The summed E-state index contributed by atoms with van der Waals surface area (Å²) in [5.74, 6) is 0.230. The van der Waals surface area contributed by atoms with Crippen LogP contribution in [0.2, 0.25) is 0 Å². The monoisotopic (exact) mass is 338 g/mol. The SMILES string of the molecule is CC(C)CCn1cc(C(=O)Nc2cnn(C)c2)c2ccccc2c1=O. The van der Waals surface area contributed by atoms with Gasteiger partial charge in [-0.15, -0.1) is 0 Å². The summed E-state index contributed by atoms with van der Waals surface area (Å²) < 4.78 is 3.26. The quantitative estimate of drug-likeness (QED) is 0.777. The standard InChI is InChI=1S/C19H22N4O2/c1-13(2)8-9-23-12-17(15-6-4-5-7-16(15)19(23)25)18(24)21-14-10-20-22(3)11-14/h4-7,10-13H,8-9H2,1-3H3,(H,21,24). The van der Waals surface area contributed by atoms with Crippen LogP contribution in [0.15, 0.2) is 47.7 Å². The molecule has 0 unspecified atom stereocenters. The predicted molar refractivity (Wildman–Crippen MR) is 98.8 cm³/mol. The molecule has 0 radical (unpaired) electrons. The molecular formula is C19H22N4O2. The third kappa shape index (κ3) is 3.63. The van der Waals surface area contributed by atoms with Crippen LogP contribution in [0.5, 0.6) is 0 Å². The number of carbonyl (C=O) groups excluding carboxylic acids is 1. The summed E-state index contributed by atoms with van der Waals surface area (Å²) in [5.41, 5.74) is 1.05. The van der Waals surface area contributed by atoms with E-state index >= 15 is 0 Å². The minimum Gasteiger partial charge on any atom is -0.319 e. The summed E-state index contributed by atoms with van der Waals surface area (Å²) in [6.07, 6.45) is 5.87. The highest BCUT2D eigenvalue weighted by atomic mass is 16.2. The molecule has 2 heterocycles. The molecular weight excluding hydrogens is 316 g/mol. The number of amides is 1. The Labute approximate surface area is 146 Å². The Kier molecular flexibility index (Phi) is 4.70. The first kappa shape index (κ1) is 17.0. The summed E-state index contributed by atoms with van der Waals surface area (Å²) in [6.45, 7) is 4.82. The minimum atomic E-state index is -0.248. The second-order valence-electron chi connectivity index (χ2n) is 6.63. The molecule has 1 amide bonds. The Morgan fingerprint density at radius 3 is 2.56 bits per heavy atom. The zero-order valence-corrected chi connectivity index (χ0v) is 14.7. The summed E-state index contributed by atoms with van der Waals surface area (Å²) in [4.78, 5) is 25.5. The van der Waals surface area contributed by atoms with Crippen molar-refractivity contribution in [3.63, 3.8) is 0 Å². The van der Waals surface area contributed by atoms with Crippen molar-refractivity contribution in [2.24, 2.45) is 13.0 Å². The van der Waals surface area contributed by atoms with Crippen LogP contribution in [0, 0.1) is 5.92 Å². The highest BCUT2D eigenvalue weighted by Gasteiger charge is 2.15. The molecule has 1 N–H and O–H groups in total. The van der Waals surface area contributed by atoms with Gasteiger partial charge in [-0.05, 0) is 18.4 Å². The molecule has 3 aromatic rings. The second-order valence-corrected chi connectivity index (χ2v) is 6.63. The predicted octanol–water partition coefficient (Wildman–Crippen LogP) is 3.03. The fourth-order valence-electron chi connectivity index (χ4n) is 2.77. The van der Waals surface area contributed by atoms with Crippen LogP contribution in [0.1, 0.15) is 30.6 Å². The molecule has 0 aliphatic carbocycles. The zero-order valence-electron chi connectivity index (χ0n) is 14.7. The number of benzene rings is 1. The molecule has 0 fully saturated rings. The third-order valence-electron chi connectivity index (χ3n) is 4.15. The van der Waals surface area contributed by atoms with Crippen LogP contribution >= 0.6 is 0 Å². The number of fused-ring (bicyclic) bond motifs is 1. The van der Waals surface area contributed by atoms with Gasteiger partial charge in [0.1, 0.15) is 0 Å². The lowest BCUT2D eigenvalue weighted by molar-refractivity contribution is 0.102. The Morgan fingerprint density at radius 1 is 1.20 bits per heavy atom. The summed E-state index contributed by atoms with van der Waals surface area (Å²) in [5, 5.41) is 8.12. The lowest BCUT2D eigenvalue weighted by atomic mass is 10.1. The zero-order chi connectivity index (χ0) is 18.0. The summed E-state index contributed by atoms with van der Waals surface area (Å²) >= 11 is 0. The molecule has 0 aliphatic heterocycles. The maximum Gasteiger partial charge on any atom is 0.258 e. The molecule has 0 aliphatic rings. The number of aryl methyl sites for hydroxylation is 2. The van der Waals surface area contributed by atoms with Gasteiger partial charge in [0.2, 0.25) is 0 Å². The highest BCUT2D eigenvalue weighted by molar-refractivity contribution is 6.12. The first-order valence-corrected chi connectivity index (χ1v) is 8.38. The Bertz CT molecular complexity index is 969. The molecule has 130 valence electrons. The van der Waals surface area contributed by atoms with Gasteiger partial charge >= 0.3 is 0 Å². The molecule has 0 atom stereocenters. The summed E-state index contributed by atoms with van der Waals surface area (Å²) in [7, 11) is 1.79. The van der Waals surface area contributed by atoms with Gasteiger partial charge in [-0.25, -0.2) is 0 Å². The van der Waals surface area contributed by atoms with Crippen LogP contribution in [0.4, 0.5) is 5.69 Å². The number of pyridine rings is 1. The number of carbonyl (C=O) groups is 1. The molecule has 0 spiro atoms. The van der Waals surface area contributed by atoms with Crippen LogP contribution in [-0.4, -0.2) is 20.3 Å². The first-order chi connectivity index (χ1) is 12.0. The van der Waals surface area contributed by atoms with E-state index in [9.17, 15) is 9.59 Å². The average molecular weight is 338 g/mol. The van der Waals surface area contributed by atoms with Crippen molar-refractivity contribution in [3.8, 4) is 0 Å². The van der Waals surface area contributed by atoms with Gasteiger partial charge in [-0.2, -0.15) is 5.10 Å². The van der Waals surface area contributed by atoms with E-state index in [1.165, 1.54) is 0 Å². The number of aromatic nitrogens is 3. The van der Waals surface area contributed by atoms with E-state index < -0.39 is 0 Å². The van der Waals surface area contributed by atoms with E-state index in [1.807, 2.05) is 18.2 Å². The smallest absolute Gasteiger partial charge is 0.258 e. The number of rotatable bonds is 5. The number of nitrogens with one attached hydrogen (secondary N) is 1. The van der Waals surface area contributed by atoms with E-state index in [4.69, 9.17) is 0 Å². The van der Waals surface area contributed by atoms with E-state index in [1.54, 1.807) is 41.0 Å². The van der Waals surface area contributed by atoms with Crippen molar-refractivity contribution in [3.05, 3.63) is 58.8 Å². The van der Waals surface area contributed by atoms with E-state index in [0.29, 0.717) is 34.5 Å². The van der Waals surface area contributed by atoms with E-state index in [0.717, 1.165) is 6.42 Å². The maximum atomic E-state index is 12.8. The Hall–Kier alpha value is -2.89. The summed E-state index contributed by atoms with van der Waals surface area (Å²) in [6, 6.07) is 7.23. The largest absolute Gasteiger partial charge is 0.319 e. The number of hydrogen-bond donors (Lipinski definition) is 1. The van der Waals surface area contributed by atoms with Crippen molar-refractivity contribution >= 4 is 22.4 Å². The van der Waals surface area contributed by atoms with Crippen LogP contribution < -0.4 is 10.9 Å². The number of nitrogens with zero attached hydrogens (tertiary/aromatic N) is 3. The second kappa shape index (κ2) is 6.93. The maximum absolute atomic E-state index is 12.8. The van der Waals surface area contributed by atoms with E-state index in [2.05, 4.69) is 24.3 Å². The van der Waals surface area contributed by atoms with Crippen molar-refractivity contribution in [2.45, 2.75) is 26.8 Å². The minimum absolute atomic E-state index is 0.0609. The first-order valence-electron chi connectivity index (χ1n) is 8.38. The van der Waals surface area contributed by atoms with Gasteiger partial charge in [0, 0.05) is 36.8 Å². The van der Waals surface area contributed by atoms with Gasteiger partial charge < -0.3 is 9.88 Å². The fourth-order valence-corrected chi connectivity index (χ4v) is 2.77. The van der Waals surface area contributed by atoms with E-state index in [-0.39, 0.29) is 11.5 Å². The lowest BCUT2D eigenvalue weighted by Gasteiger charge is -2.13. The molecule has 1 aromatic carbocycles. The van der Waals surface area contributed by atoms with Crippen molar-refractivity contribution in [1.82, 2.24) is 14.3 Å². The fraction of sp³-hybridized carbons (Fsp3) is 0.316. The van der Waals surface area contributed by atoms with Crippen LogP contribution in [0.3, 0.4) is 0 Å². The highest BCUT2D eigenvalue weighted by Crippen LogP contribution is 2.18. The van der Waals surface area contributed by atoms with Gasteiger partial charge in [-0.1, -0.05) is 32.0 Å². The Morgan fingerprint density at radius 2 is 1.92 bits per heavy atom. The lowest BCUT2D eigenvalue weighted by Crippen LogP contribution is -2.24. The molecule has 25 heavy (non-hydrogen) atoms. The van der Waals surface area contributed by atoms with Gasteiger partial charge in [0.05, 0.1) is 17.4 Å². The number of anilines is 1. The third-order valence-corrected chi connectivity index (χ3v) is 4.15. The molecule has 6 nitrogen and oxygen atoms in total. The normalized spacial score (nSPS) is 11.2. The van der Waals surface area contributed by atoms with Crippen molar-refractivity contribution in [2.75, 3.05) is 5.32 Å². The molecule has 0 saturated carbocycles. The topological polar surface area (TPSA) is 68.9 Å². The Balaban J connectivity index is 2.04. The van der Waals surface area contributed by atoms with Gasteiger partial charge in [0.25, 0.3) is 11.5 Å². The van der Waals surface area contributed by atoms with Crippen LogP contribution in [-0.2, 0) is 13.6 Å². The molecule has 0 bridgehead atoms. The average Bonchev–Trinajstić information content (AvgIpc) is 2.99. The molecule has 6 heteroatoms. The number of hydrogen-bond acceptors (Lipinski definition) is 3.